The summed E-state index contributed by atoms with van der Waals surface area (Å²) in [5.74, 6) is 0. The number of rotatable bonds is 1. The van der Waals surface area contributed by atoms with Crippen LogP contribution in [-0.4, -0.2) is 0 Å². The Balaban J connectivity index is 2.44. The molecule has 0 nitrogen and oxygen atoms in total. The van der Waals surface area contributed by atoms with Crippen LogP contribution in [-0.2, 0) is 0 Å². The highest BCUT2D eigenvalue weighted by Gasteiger charge is 2.04. The molecule has 0 bridgehead atoms. The predicted octanol–water partition coefficient (Wildman–Crippen LogP) is 5.09. The summed E-state index contributed by atoms with van der Waals surface area (Å²) in [6.45, 7) is 6.05. The molecule has 78 valence electrons. The Hall–Kier alpha value is -1.60. The lowest BCUT2D eigenvalue weighted by molar-refractivity contribution is 1.64. The van der Waals surface area contributed by atoms with Gasteiger partial charge >= 0.3 is 0 Å². The first-order valence-electron chi connectivity index (χ1n) is 5.33. The van der Waals surface area contributed by atoms with Crippen LogP contribution in [0.2, 0.25) is 0 Å². The maximum atomic E-state index is 4.00. The molecule has 0 saturated heterocycles. The van der Waals surface area contributed by atoms with Gasteiger partial charge in [-0.05, 0) is 30.7 Å². The number of benzene rings is 2. The molecule has 0 aliphatic rings. The molecule has 0 saturated carbocycles. The maximum Gasteiger partial charge on any atom is 0.0355 e. The molecule has 0 N–H and O–H groups in total. The smallest absolute Gasteiger partial charge is 0.0355 e. The van der Waals surface area contributed by atoms with E-state index in [1.54, 1.807) is 0 Å². The number of allylic oxidation sites excluding steroid dienone is 1. The molecule has 3 rings (SSSR count). The van der Waals surface area contributed by atoms with Crippen molar-refractivity contribution in [3.8, 4) is 0 Å². The minimum absolute atomic E-state index is 1.12. The molecule has 0 amide bonds. The standard InChI is InChI=1S/C15H12S/c1-10(2)11-7-8-15-13(9-11)12-5-3-4-6-14(12)16-15/h3-9H,1H2,2H3. The Morgan fingerprint density at radius 2 is 1.75 bits per heavy atom. The molecule has 0 spiro atoms. The average Bonchev–Trinajstić information content (AvgIpc) is 2.66. The van der Waals surface area contributed by atoms with Crippen molar-refractivity contribution in [2.45, 2.75) is 6.92 Å². The lowest BCUT2D eigenvalue weighted by Crippen LogP contribution is -1.76. The van der Waals surface area contributed by atoms with E-state index in [4.69, 9.17) is 0 Å². The van der Waals surface area contributed by atoms with Crippen LogP contribution in [0.4, 0.5) is 0 Å². The van der Waals surface area contributed by atoms with Crippen LogP contribution in [0.3, 0.4) is 0 Å². The van der Waals surface area contributed by atoms with E-state index in [9.17, 15) is 0 Å². The molecule has 1 aromatic heterocycles. The molecule has 0 unspecified atom stereocenters. The van der Waals surface area contributed by atoms with Gasteiger partial charge in [0.25, 0.3) is 0 Å². The Morgan fingerprint density at radius 1 is 1.00 bits per heavy atom. The van der Waals surface area contributed by atoms with Crippen molar-refractivity contribution < 1.29 is 0 Å². The van der Waals surface area contributed by atoms with Gasteiger partial charge in [0.1, 0.15) is 0 Å². The normalized spacial score (nSPS) is 11.1. The zero-order chi connectivity index (χ0) is 11.1. The molecular weight excluding hydrogens is 212 g/mol. The SMILES string of the molecule is C=C(C)c1ccc2sc3ccccc3c2c1. The molecule has 2 aromatic carbocycles. The summed E-state index contributed by atoms with van der Waals surface area (Å²) in [4.78, 5) is 0. The van der Waals surface area contributed by atoms with Crippen molar-refractivity contribution in [1.29, 1.82) is 0 Å². The summed E-state index contributed by atoms with van der Waals surface area (Å²) in [7, 11) is 0. The van der Waals surface area contributed by atoms with E-state index in [-0.39, 0.29) is 0 Å². The van der Waals surface area contributed by atoms with Gasteiger partial charge in [-0.2, -0.15) is 0 Å². The molecule has 3 aromatic rings. The van der Waals surface area contributed by atoms with Crippen molar-refractivity contribution >= 4 is 37.1 Å². The highest BCUT2D eigenvalue weighted by molar-refractivity contribution is 7.25. The van der Waals surface area contributed by atoms with E-state index in [1.165, 1.54) is 25.7 Å². The Kier molecular flexibility index (Phi) is 2.08. The van der Waals surface area contributed by atoms with Crippen LogP contribution < -0.4 is 0 Å². The van der Waals surface area contributed by atoms with Gasteiger partial charge in [-0.25, -0.2) is 0 Å². The number of hydrogen-bond donors (Lipinski definition) is 0. The fourth-order valence-corrected chi connectivity index (χ4v) is 3.08. The third-order valence-corrected chi connectivity index (χ3v) is 4.02. The molecule has 0 atom stereocenters. The molecule has 1 heteroatoms. The topological polar surface area (TPSA) is 0 Å². The third-order valence-electron chi connectivity index (χ3n) is 2.87. The second-order valence-corrected chi connectivity index (χ2v) is 5.17. The molecular formula is C15H12S. The van der Waals surface area contributed by atoms with Crippen molar-refractivity contribution in [1.82, 2.24) is 0 Å². The summed E-state index contributed by atoms with van der Waals surface area (Å²) in [5, 5.41) is 2.70. The first kappa shape index (κ1) is 9.61. The van der Waals surface area contributed by atoms with E-state index in [2.05, 4.69) is 56.0 Å². The Morgan fingerprint density at radius 3 is 2.56 bits per heavy atom. The molecule has 1 heterocycles. The van der Waals surface area contributed by atoms with E-state index in [0.29, 0.717) is 0 Å². The zero-order valence-corrected chi connectivity index (χ0v) is 9.97. The summed E-state index contributed by atoms with van der Waals surface area (Å²) >= 11 is 1.85. The van der Waals surface area contributed by atoms with Crippen LogP contribution in [0.15, 0.2) is 49.0 Å². The van der Waals surface area contributed by atoms with Gasteiger partial charge in [-0.15, -0.1) is 11.3 Å². The highest BCUT2D eigenvalue weighted by atomic mass is 32.1. The summed E-state index contributed by atoms with van der Waals surface area (Å²) in [5.41, 5.74) is 2.35. The largest absolute Gasteiger partial charge is 0.135 e. The highest BCUT2D eigenvalue weighted by Crippen LogP contribution is 2.34. The van der Waals surface area contributed by atoms with E-state index in [1.807, 2.05) is 11.3 Å². The number of fused-ring (bicyclic) bond motifs is 3. The Labute approximate surface area is 98.8 Å². The van der Waals surface area contributed by atoms with Crippen molar-refractivity contribution in [3.63, 3.8) is 0 Å². The molecule has 0 aliphatic heterocycles. The van der Waals surface area contributed by atoms with Crippen LogP contribution in [0.1, 0.15) is 12.5 Å². The second kappa shape index (κ2) is 3.46. The summed E-state index contributed by atoms with van der Waals surface area (Å²) in [6.07, 6.45) is 0. The first-order valence-corrected chi connectivity index (χ1v) is 6.14. The maximum absolute atomic E-state index is 4.00. The third kappa shape index (κ3) is 1.36. The number of thiophene rings is 1. The van der Waals surface area contributed by atoms with Gasteiger partial charge in [0.05, 0.1) is 0 Å². The van der Waals surface area contributed by atoms with Crippen LogP contribution in [0.5, 0.6) is 0 Å². The van der Waals surface area contributed by atoms with Gasteiger partial charge < -0.3 is 0 Å². The zero-order valence-electron chi connectivity index (χ0n) is 9.16. The molecule has 0 radical (unpaired) electrons. The molecule has 16 heavy (non-hydrogen) atoms. The van der Waals surface area contributed by atoms with Crippen molar-refractivity contribution in [2.24, 2.45) is 0 Å². The first-order chi connectivity index (χ1) is 7.75. The van der Waals surface area contributed by atoms with Crippen LogP contribution in [0, 0.1) is 0 Å². The minimum Gasteiger partial charge on any atom is -0.135 e. The van der Waals surface area contributed by atoms with E-state index < -0.39 is 0 Å². The lowest BCUT2D eigenvalue weighted by atomic mass is 10.1. The van der Waals surface area contributed by atoms with E-state index in [0.717, 1.165) is 5.57 Å². The summed E-state index contributed by atoms with van der Waals surface area (Å²) in [6, 6.07) is 15.2. The second-order valence-electron chi connectivity index (χ2n) is 4.09. The van der Waals surface area contributed by atoms with Gasteiger partial charge in [0.15, 0.2) is 0 Å². The van der Waals surface area contributed by atoms with Crippen LogP contribution >= 0.6 is 11.3 Å². The average molecular weight is 224 g/mol. The van der Waals surface area contributed by atoms with Gasteiger partial charge in [0, 0.05) is 20.2 Å². The van der Waals surface area contributed by atoms with E-state index >= 15 is 0 Å². The van der Waals surface area contributed by atoms with Crippen LogP contribution in [0.25, 0.3) is 25.7 Å². The number of hydrogen-bond acceptors (Lipinski definition) is 1. The fraction of sp³-hybridized carbons (Fsp3) is 0.0667. The fourth-order valence-electron chi connectivity index (χ4n) is 1.99. The predicted molar refractivity (Wildman–Crippen MR) is 74.0 cm³/mol. The summed E-state index contributed by atoms with van der Waals surface area (Å²) < 4.78 is 2.71. The van der Waals surface area contributed by atoms with Gasteiger partial charge in [-0.3, -0.25) is 0 Å². The van der Waals surface area contributed by atoms with Gasteiger partial charge in [-0.1, -0.05) is 36.4 Å². The quantitative estimate of drug-likeness (QED) is 0.540. The molecule has 0 fully saturated rings. The molecule has 0 aliphatic carbocycles. The van der Waals surface area contributed by atoms with Crippen molar-refractivity contribution in [3.05, 3.63) is 54.6 Å². The monoisotopic (exact) mass is 224 g/mol. The Bertz CT molecular complexity index is 689. The van der Waals surface area contributed by atoms with Gasteiger partial charge in [0.2, 0.25) is 0 Å². The van der Waals surface area contributed by atoms with Crippen molar-refractivity contribution in [2.75, 3.05) is 0 Å². The minimum atomic E-state index is 1.12. The lowest BCUT2D eigenvalue weighted by Gasteiger charge is -1.99.